The average Bonchev–Trinajstić information content (AvgIpc) is 3.59. The van der Waals surface area contributed by atoms with E-state index in [1.165, 1.54) is 4.90 Å². The van der Waals surface area contributed by atoms with Crippen LogP contribution >= 0.6 is 27.5 Å². The molecular formula is C26H22BrClN2O3. The fraction of sp³-hybridized carbons (Fsp3) is 0.346. The summed E-state index contributed by atoms with van der Waals surface area (Å²) in [6.07, 6.45) is 5.64. The van der Waals surface area contributed by atoms with Gasteiger partial charge >= 0.3 is 0 Å². The topological polar surface area (TPSA) is 66.5 Å². The zero-order valence-corrected chi connectivity index (χ0v) is 20.0. The molecule has 1 N–H and O–H groups in total. The highest BCUT2D eigenvalue weighted by Crippen LogP contribution is 2.65. The number of carbonyl (C=O) groups excluding carboxylic acids is 3. The zero-order chi connectivity index (χ0) is 22.9. The molecule has 0 spiro atoms. The Kier molecular flexibility index (Phi) is 5.00. The second-order valence-corrected chi connectivity index (χ2v) is 10.8. The van der Waals surface area contributed by atoms with Crippen LogP contribution in [0.25, 0.3) is 0 Å². The minimum absolute atomic E-state index is 0.118. The maximum absolute atomic E-state index is 13.7. The summed E-state index contributed by atoms with van der Waals surface area (Å²) in [5.74, 6) is -0.214. The molecule has 1 heterocycles. The van der Waals surface area contributed by atoms with Crippen molar-refractivity contribution in [3.63, 3.8) is 0 Å². The third-order valence-electron chi connectivity index (χ3n) is 7.77. The molecule has 7 atom stereocenters. The number of anilines is 1. The van der Waals surface area contributed by atoms with Gasteiger partial charge in [-0.15, -0.1) is 0 Å². The number of nitrogens with one attached hydrogen (secondary N) is 1. The number of hydrogen-bond acceptors (Lipinski definition) is 3. The summed E-state index contributed by atoms with van der Waals surface area (Å²) >= 11 is 9.69. The number of amides is 3. The fourth-order valence-corrected chi connectivity index (χ4v) is 6.95. The number of likely N-dealkylation sites (tertiary alicyclic amines) is 1. The van der Waals surface area contributed by atoms with Crippen molar-refractivity contribution in [2.45, 2.75) is 18.9 Å². The van der Waals surface area contributed by atoms with Crippen molar-refractivity contribution >= 4 is 50.9 Å². The minimum atomic E-state index is -0.937. The van der Waals surface area contributed by atoms with E-state index in [4.69, 9.17) is 11.6 Å². The Morgan fingerprint density at radius 1 is 1.03 bits per heavy atom. The second-order valence-electron chi connectivity index (χ2n) is 9.52. The van der Waals surface area contributed by atoms with Crippen LogP contribution in [-0.4, -0.2) is 28.7 Å². The summed E-state index contributed by atoms with van der Waals surface area (Å²) in [6, 6.07) is 13.7. The molecule has 168 valence electrons. The highest BCUT2D eigenvalue weighted by atomic mass is 79.9. The van der Waals surface area contributed by atoms with E-state index in [0.29, 0.717) is 22.5 Å². The van der Waals surface area contributed by atoms with Crippen LogP contribution in [0, 0.1) is 35.5 Å². The summed E-state index contributed by atoms with van der Waals surface area (Å²) in [5.41, 5.74) is 1.33. The van der Waals surface area contributed by atoms with Gasteiger partial charge in [-0.1, -0.05) is 70.0 Å². The Morgan fingerprint density at radius 3 is 2.27 bits per heavy atom. The molecule has 3 fully saturated rings. The third kappa shape index (κ3) is 3.38. The molecule has 5 nitrogen and oxygen atoms in total. The van der Waals surface area contributed by atoms with Crippen molar-refractivity contribution in [1.82, 2.24) is 4.90 Å². The molecule has 7 rings (SSSR count). The van der Waals surface area contributed by atoms with Gasteiger partial charge < -0.3 is 5.32 Å². The summed E-state index contributed by atoms with van der Waals surface area (Å²) < 4.78 is 0.793. The number of benzene rings is 2. The SMILES string of the molecule is O=C(Nc1ccc(Br)cc1Cl)[C@H](Cc1ccccc1)N1C(=O)[C@@H]2[C@H]3C=C[C@@H]([C@@H]4C[C@H]34)[C@@H]2C1=O. The van der Waals surface area contributed by atoms with E-state index >= 15 is 0 Å². The first-order chi connectivity index (χ1) is 15.9. The third-order valence-corrected chi connectivity index (χ3v) is 8.58. The highest BCUT2D eigenvalue weighted by Gasteiger charge is 2.67. The molecule has 3 amide bonds. The number of carbonyl (C=O) groups is 3. The Hall–Kier alpha value is -2.44. The van der Waals surface area contributed by atoms with Crippen molar-refractivity contribution in [3.05, 3.63) is 75.7 Å². The number of halogens is 2. The summed E-state index contributed by atoms with van der Waals surface area (Å²) in [7, 11) is 0. The van der Waals surface area contributed by atoms with E-state index in [2.05, 4.69) is 33.4 Å². The largest absolute Gasteiger partial charge is 0.323 e. The molecule has 2 bridgehead atoms. The van der Waals surface area contributed by atoms with Crippen LogP contribution in [0.2, 0.25) is 5.02 Å². The van der Waals surface area contributed by atoms with E-state index in [0.717, 1.165) is 16.5 Å². The molecule has 5 aliphatic rings. The lowest BCUT2D eigenvalue weighted by atomic mass is 9.63. The Bertz CT molecular complexity index is 1160. The normalized spacial score (nSPS) is 31.9. The molecule has 1 saturated heterocycles. The monoisotopic (exact) mass is 524 g/mol. The molecule has 0 radical (unpaired) electrons. The molecule has 33 heavy (non-hydrogen) atoms. The van der Waals surface area contributed by atoms with Gasteiger partial charge in [-0.3, -0.25) is 19.3 Å². The van der Waals surface area contributed by atoms with Crippen LogP contribution in [0.3, 0.4) is 0 Å². The predicted molar refractivity (Wildman–Crippen MR) is 128 cm³/mol. The quantitative estimate of drug-likeness (QED) is 0.454. The number of allylic oxidation sites excluding steroid dienone is 2. The van der Waals surface area contributed by atoms with E-state index in [1.807, 2.05) is 30.3 Å². The van der Waals surface area contributed by atoms with Gasteiger partial charge in [0, 0.05) is 10.9 Å². The number of nitrogens with zero attached hydrogens (tertiary/aromatic N) is 1. The van der Waals surface area contributed by atoms with Crippen molar-refractivity contribution < 1.29 is 14.4 Å². The predicted octanol–water partition coefficient (Wildman–Crippen LogP) is 4.71. The van der Waals surface area contributed by atoms with E-state index < -0.39 is 11.9 Å². The fourth-order valence-electron chi connectivity index (χ4n) is 6.23. The lowest BCUT2D eigenvalue weighted by molar-refractivity contribution is -0.146. The van der Waals surface area contributed by atoms with E-state index in [1.54, 1.807) is 18.2 Å². The minimum Gasteiger partial charge on any atom is -0.323 e. The van der Waals surface area contributed by atoms with Gasteiger partial charge in [0.1, 0.15) is 6.04 Å². The second kappa shape index (κ2) is 7.81. The van der Waals surface area contributed by atoms with Crippen molar-refractivity contribution in [2.75, 3.05) is 5.32 Å². The van der Waals surface area contributed by atoms with Crippen molar-refractivity contribution in [1.29, 1.82) is 0 Å². The molecular weight excluding hydrogens is 504 g/mol. The molecule has 2 aromatic rings. The maximum atomic E-state index is 13.7. The maximum Gasteiger partial charge on any atom is 0.248 e. The highest BCUT2D eigenvalue weighted by molar-refractivity contribution is 9.10. The van der Waals surface area contributed by atoms with Crippen molar-refractivity contribution in [2.24, 2.45) is 35.5 Å². The zero-order valence-electron chi connectivity index (χ0n) is 17.7. The van der Waals surface area contributed by atoms with Crippen LogP contribution in [0.15, 0.2) is 65.2 Å². The first-order valence-electron chi connectivity index (χ1n) is 11.3. The van der Waals surface area contributed by atoms with Crippen LogP contribution in [-0.2, 0) is 20.8 Å². The van der Waals surface area contributed by atoms with Gasteiger partial charge in [0.15, 0.2) is 0 Å². The van der Waals surface area contributed by atoms with E-state index in [-0.39, 0.29) is 41.9 Å². The van der Waals surface area contributed by atoms with Crippen LogP contribution in [0.4, 0.5) is 5.69 Å². The van der Waals surface area contributed by atoms with Gasteiger partial charge in [-0.25, -0.2) is 0 Å². The summed E-state index contributed by atoms with van der Waals surface area (Å²) in [5, 5.41) is 3.24. The van der Waals surface area contributed by atoms with Crippen LogP contribution in [0.1, 0.15) is 12.0 Å². The van der Waals surface area contributed by atoms with Gasteiger partial charge in [0.2, 0.25) is 17.7 Å². The van der Waals surface area contributed by atoms with Gasteiger partial charge in [0.05, 0.1) is 22.5 Å². The number of hydrogen-bond donors (Lipinski definition) is 1. The Labute approximate surface area is 205 Å². The molecule has 2 aromatic carbocycles. The van der Waals surface area contributed by atoms with Gasteiger partial charge in [-0.2, -0.15) is 0 Å². The molecule has 2 saturated carbocycles. The first-order valence-corrected chi connectivity index (χ1v) is 12.5. The smallest absolute Gasteiger partial charge is 0.248 e. The van der Waals surface area contributed by atoms with Gasteiger partial charge in [-0.05, 0) is 53.9 Å². The molecule has 1 aliphatic heterocycles. The molecule has 0 aromatic heterocycles. The molecule has 0 unspecified atom stereocenters. The average molecular weight is 526 g/mol. The van der Waals surface area contributed by atoms with Crippen LogP contribution in [0.5, 0.6) is 0 Å². The summed E-state index contributed by atoms with van der Waals surface area (Å²) in [6.45, 7) is 0. The summed E-state index contributed by atoms with van der Waals surface area (Å²) in [4.78, 5) is 42.1. The lowest BCUT2D eigenvalue weighted by Crippen LogP contribution is -2.49. The molecule has 7 heteroatoms. The number of imide groups is 1. The van der Waals surface area contributed by atoms with Crippen molar-refractivity contribution in [3.8, 4) is 0 Å². The standard InChI is InChI=1S/C26H22BrClN2O3/c27-14-6-9-20(19(28)11-14)29-24(31)21(10-13-4-2-1-3-5-13)30-25(32)22-15-7-8-16(18-12-17(15)18)23(22)26(30)33/h1-9,11,15-18,21-23H,10,12H2,(H,29,31)/t15-,16-,17-,18+,21-,22-,23+/m0/s1. The molecule has 4 aliphatic carbocycles. The Morgan fingerprint density at radius 2 is 1.67 bits per heavy atom. The Balaban J connectivity index is 1.34. The number of rotatable bonds is 5. The lowest BCUT2D eigenvalue weighted by Gasteiger charge is -2.37. The van der Waals surface area contributed by atoms with Crippen LogP contribution < -0.4 is 5.32 Å². The first kappa shape index (κ1) is 21.1. The van der Waals surface area contributed by atoms with E-state index in [9.17, 15) is 14.4 Å². The van der Waals surface area contributed by atoms with Gasteiger partial charge in [0.25, 0.3) is 0 Å².